The fourth-order valence-corrected chi connectivity index (χ4v) is 1.86. The highest BCUT2D eigenvalue weighted by Crippen LogP contribution is 2.14. The van der Waals surface area contributed by atoms with Gasteiger partial charge in [-0.2, -0.15) is 0 Å². The highest BCUT2D eigenvalue weighted by molar-refractivity contribution is 5.27. The fourth-order valence-electron chi connectivity index (χ4n) is 1.86. The summed E-state index contributed by atoms with van der Waals surface area (Å²) in [5.41, 5.74) is 4.78. The molecule has 0 aromatic heterocycles. The van der Waals surface area contributed by atoms with Crippen LogP contribution in [0.3, 0.4) is 0 Å². The van der Waals surface area contributed by atoms with Crippen LogP contribution >= 0.6 is 0 Å². The maximum atomic E-state index is 13.0. The standard InChI is InChI=1S/C13H21FN2O/c1-4-17-10(3)13(16-15)8-11-5-6-12(14)7-9(11)2/h5-7,10,13,16H,4,8,15H2,1-3H3. The predicted molar refractivity (Wildman–Crippen MR) is 67.0 cm³/mol. The average molecular weight is 240 g/mol. The lowest BCUT2D eigenvalue weighted by atomic mass is 9.98. The molecule has 1 aromatic rings. The second-order valence-electron chi connectivity index (χ2n) is 4.21. The minimum Gasteiger partial charge on any atom is -0.377 e. The molecule has 0 aliphatic heterocycles. The number of ether oxygens (including phenoxy) is 1. The topological polar surface area (TPSA) is 47.3 Å². The van der Waals surface area contributed by atoms with Gasteiger partial charge in [-0.3, -0.25) is 11.3 Å². The number of hydrogen-bond acceptors (Lipinski definition) is 3. The highest BCUT2D eigenvalue weighted by Gasteiger charge is 2.17. The molecule has 0 fully saturated rings. The predicted octanol–water partition coefficient (Wildman–Crippen LogP) is 1.93. The Kier molecular flexibility index (Phi) is 5.55. The normalized spacial score (nSPS) is 14.6. The molecular formula is C13H21FN2O. The summed E-state index contributed by atoms with van der Waals surface area (Å²) in [6.07, 6.45) is 0.749. The number of benzene rings is 1. The molecule has 1 aromatic carbocycles. The summed E-state index contributed by atoms with van der Waals surface area (Å²) in [4.78, 5) is 0. The van der Waals surface area contributed by atoms with Gasteiger partial charge in [-0.05, 0) is 50.5 Å². The minimum absolute atomic E-state index is 0.0226. The molecule has 96 valence electrons. The molecule has 4 heteroatoms. The third-order valence-corrected chi connectivity index (χ3v) is 2.95. The molecular weight excluding hydrogens is 219 g/mol. The summed E-state index contributed by atoms with van der Waals surface area (Å²) in [5, 5.41) is 0. The van der Waals surface area contributed by atoms with Crippen LogP contribution in [0.1, 0.15) is 25.0 Å². The van der Waals surface area contributed by atoms with Crippen molar-refractivity contribution >= 4 is 0 Å². The van der Waals surface area contributed by atoms with Crippen LogP contribution in [-0.4, -0.2) is 18.8 Å². The molecule has 2 atom stereocenters. The van der Waals surface area contributed by atoms with Crippen LogP contribution in [0.4, 0.5) is 4.39 Å². The van der Waals surface area contributed by atoms with Crippen LogP contribution in [0.2, 0.25) is 0 Å². The Morgan fingerprint density at radius 1 is 1.47 bits per heavy atom. The van der Waals surface area contributed by atoms with Gasteiger partial charge >= 0.3 is 0 Å². The molecule has 0 aliphatic carbocycles. The van der Waals surface area contributed by atoms with E-state index in [1.54, 1.807) is 6.07 Å². The molecule has 0 saturated heterocycles. The van der Waals surface area contributed by atoms with Crippen LogP contribution in [0.15, 0.2) is 18.2 Å². The lowest BCUT2D eigenvalue weighted by molar-refractivity contribution is 0.0476. The molecule has 0 aliphatic rings. The summed E-state index contributed by atoms with van der Waals surface area (Å²) in [6, 6.07) is 4.84. The smallest absolute Gasteiger partial charge is 0.123 e. The summed E-state index contributed by atoms with van der Waals surface area (Å²) in [6.45, 7) is 6.49. The molecule has 2 unspecified atom stereocenters. The van der Waals surface area contributed by atoms with Gasteiger partial charge in [0, 0.05) is 6.61 Å². The summed E-state index contributed by atoms with van der Waals surface area (Å²) in [5.74, 6) is 5.32. The van der Waals surface area contributed by atoms with Crippen LogP contribution < -0.4 is 11.3 Å². The van der Waals surface area contributed by atoms with Gasteiger partial charge in [-0.1, -0.05) is 6.07 Å². The Morgan fingerprint density at radius 3 is 2.71 bits per heavy atom. The van der Waals surface area contributed by atoms with Crippen molar-refractivity contribution in [2.45, 2.75) is 39.3 Å². The van der Waals surface area contributed by atoms with Crippen molar-refractivity contribution < 1.29 is 9.13 Å². The van der Waals surface area contributed by atoms with Crippen LogP contribution in [0.5, 0.6) is 0 Å². The Labute approximate surface area is 102 Å². The van der Waals surface area contributed by atoms with Gasteiger partial charge in [0.05, 0.1) is 12.1 Å². The van der Waals surface area contributed by atoms with Crippen molar-refractivity contribution in [2.75, 3.05) is 6.61 Å². The van der Waals surface area contributed by atoms with E-state index in [-0.39, 0.29) is 18.0 Å². The Hall–Kier alpha value is -0.970. The van der Waals surface area contributed by atoms with E-state index in [1.165, 1.54) is 12.1 Å². The van der Waals surface area contributed by atoms with E-state index in [2.05, 4.69) is 5.43 Å². The second kappa shape index (κ2) is 6.69. The summed E-state index contributed by atoms with van der Waals surface area (Å²) < 4.78 is 18.5. The van der Waals surface area contributed by atoms with E-state index < -0.39 is 0 Å². The summed E-state index contributed by atoms with van der Waals surface area (Å²) >= 11 is 0. The first kappa shape index (κ1) is 14.1. The molecule has 0 heterocycles. The quantitative estimate of drug-likeness (QED) is 0.590. The van der Waals surface area contributed by atoms with E-state index in [0.717, 1.165) is 17.5 Å². The Bertz CT molecular complexity index is 357. The Balaban J connectivity index is 2.73. The molecule has 0 radical (unpaired) electrons. The lowest BCUT2D eigenvalue weighted by Gasteiger charge is -2.23. The highest BCUT2D eigenvalue weighted by atomic mass is 19.1. The fraction of sp³-hybridized carbons (Fsp3) is 0.538. The number of nitrogens with one attached hydrogen (secondary N) is 1. The monoisotopic (exact) mass is 240 g/mol. The van der Waals surface area contributed by atoms with Crippen molar-refractivity contribution in [3.8, 4) is 0 Å². The maximum absolute atomic E-state index is 13.0. The van der Waals surface area contributed by atoms with Crippen LogP contribution in [-0.2, 0) is 11.2 Å². The number of rotatable bonds is 6. The second-order valence-corrected chi connectivity index (χ2v) is 4.21. The van der Waals surface area contributed by atoms with Crippen LogP contribution in [0, 0.1) is 12.7 Å². The molecule has 0 spiro atoms. The zero-order chi connectivity index (χ0) is 12.8. The van der Waals surface area contributed by atoms with Gasteiger partial charge in [0.15, 0.2) is 0 Å². The number of aryl methyl sites for hydroxylation is 1. The van der Waals surface area contributed by atoms with Gasteiger partial charge in [-0.25, -0.2) is 4.39 Å². The number of nitrogens with two attached hydrogens (primary N) is 1. The molecule has 0 bridgehead atoms. The van der Waals surface area contributed by atoms with E-state index in [0.29, 0.717) is 6.61 Å². The van der Waals surface area contributed by atoms with Gasteiger partial charge < -0.3 is 4.74 Å². The third-order valence-electron chi connectivity index (χ3n) is 2.95. The first-order valence-electron chi connectivity index (χ1n) is 5.91. The number of hydrogen-bond donors (Lipinski definition) is 2. The molecule has 0 saturated carbocycles. The molecule has 3 N–H and O–H groups in total. The van der Waals surface area contributed by atoms with Crippen molar-refractivity contribution in [3.05, 3.63) is 35.1 Å². The number of hydrazine groups is 1. The summed E-state index contributed by atoms with van der Waals surface area (Å²) in [7, 11) is 0. The minimum atomic E-state index is -0.207. The van der Waals surface area contributed by atoms with E-state index in [1.807, 2.05) is 20.8 Å². The van der Waals surface area contributed by atoms with Gasteiger partial charge in [0.25, 0.3) is 0 Å². The largest absolute Gasteiger partial charge is 0.377 e. The van der Waals surface area contributed by atoms with Gasteiger partial charge in [0.1, 0.15) is 5.82 Å². The van der Waals surface area contributed by atoms with Crippen molar-refractivity contribution in [1.82, 2.24) is 5.43 Å². The van der Waals surface area contributed by atoms with Crippen molar-refractivity contribution in [1.29, 1.82) is 0 Å². The molecule has 3 nitrogen and oxygen atoms in total. The lowest BCUT2D eigenvalue weighted by Crippen LogP contribution is -2.45. The number of halogens is 1. The maximum Gasteiger partial charge on any atom is 0.123 e. The van der Waals surface area contributed by atoms with E-state index in [4.69, 9.17) is 10.6 Å². The third kappa shape index (κ3) is 4.07. The Morgan fingerprint density at radius 2 is 2.18 bits per heavy atom. The van der Waals surface area contributed by atoms with Gasteiger partial charge in [0.2, 0.25) is 0 Å². The van der Waals surface area contributed by atoms with E-state index >= 15 is 0 Å². The molecule has 1 rings (SSSR count). The first-order valence-corrected chi connectivity index (χ1v) is 5.91. The zero-order valence-corrected chi connectivity index (χ0v) is 10.7. The SMILES string of the molecule is CCOC(C)C(Cc1ccc(F)cc1C)NN. The van der Waals surface area contributed by atoms with Crippen molar-refractivity contribution in [2.24, 2.45) is 5.84 Å². The van der Waals surface area contributed by atoms with Gasteiger partial charge in [-0.15, -0.1) is 0 Å². The molecule has 0 amide bonds. The molecule has 17 heavy (non-hydrogen) atoms. The van der Waals surface area contributed by atoms with E-state index in [9.17, 15) is 4.39 Å². The van der Waals surface area contributed by atoms with Crippen LogP contribution in [0.25, 0.3) is 0 Å². The zero-order valence-electron chi connectivity index (χ0n) is 10.7. The first-order chi connectivity index (χ1) is 8.08. The average Bonchev–Trinajstić information content (AvgIpc) is 2.28. The van der Waals surface area contributed by atoms with Crippen molar-refractivity contribution in [3.63, 3.8) is 0 Å².